The first-order chi connectivity index (χ1) is 18.6. The summed E-state index contributed by atoms with van der Waals surface area (Å²) in [5.41, 5.74) is 2.00. The van der Waals surface area contributed by atoms with Crippen LogP contribution in [0.2, 0.25) is 0 Å². The number of likely N-dealkylation sites (tertiary alicyclic amines) is 1. The number of hydrogen-bond acceptors (Lipinski definition) is 5. The van der Waals surface area contributed by atoms with Gasteiger partial charge in [0.2, 0.25) is 0 Å². The predicted octanol–water partition coefficient (Wildman–Crippen LogP) is 5.83. The zero-order chi connectivity index (χ0) is 28.0. The third kappa shape index (κ3) is 6.61. The molecule has 0 radical (unpaired) electrons. The molecule has 4 rings (SSSR count). The quantitative estimate of drug-likeness (QED) is 0.417. The van der Waals surface area contributed by atoms with Gasteiger partial charge in [-0.15, -0.1) is 0 Å². The first-order valence-electron chi connectivity index (χ1n) is 13.7. The summed E-state index contributed by atoms with van der Waals surface area (Å²) < 4.78 is 34.7. The van der Waals surface area contributed by atoms with Gasteiger partial charge >= 0.3 is 5.97 Å². The number of allylic oxidation sites excluding steroid dienone is 3. The van der Waals surface area contributed by atoms with Gasteiger partial charge in [0.05, 0.1) is 16.9 Å². The van der Waals surface area contributed by atoms with Crippen LogP contribution >= 0.6 is 0 Å². The Bertz CT molecular complexity index is 1350. The van der Waals surface area contributed by atoms with Crippen molar-refractivity contribution in [1.82, 2.24) is 4.90 Å². The number of nitrogens with one attached hydrogen (secondary N) is 1. The number of esters is 1. The highest BCUT2D eigenvalue weighted by molar-refractivity contribution is 7.92. The standard InChI is InChI=1S/C31H38N2O5S/c1-4-38-30(35)31(22-23(2)3)18-20-33(21-19-31)29(34)25-14-16-26(17-15-25)32-39(36,37)28-13-9-11-24-10-7-5-6-8-12-27(24)28/h5-7,9-11,13-17,23,32H,4,8,12,18-22H2,1-3H3/b6-5-,10-7-. The van der Waals surface area contributed by atoms with E-state index in [0.717, 1.165) is 24.0 Å². The van der Waals surface area contributed by atoms with Gasteiger partial charge in [0.1, 0.15) is 0 Å². The van der Waals surface area contributed by atoms with E-state index in [4.69, 9.17) is 4.74 Å². The van der Waals surface area contributed by atoms with Crippen molar-refractivity contribution in [3.8, 4) is 0 Å². The third-order valence-electron chi connectivity index (χ3n) is 7.44. The maximum Gasteiger partial charge on any atom is 0.312 e. The average Bonchev–Trinajstić information content (AvgIpc) is 2.89. The van der Waals surface area contributed by atoms with Crippen LogP contribution < -0.4 is 4.72 Å². The summed E-state index contributed by atoms with van der Waals surface area (Å²) in [6, 6.07) is 11.8. The first-order valence-corrected chi connectivity index (χ1v) is 15.2. The van der Waals surface area contributed by atoms with E-state index in [-0.39, 0.29) is 16.8 Å². The lowest BCUT2D eigenvalue weighted by atomic mass is 9.72. The highest BCUT2D eigenvalue weighted by atomic mass is 32.2. The molecule has 2 aromatic rings. The Morgan fingerprint density at radius 1 is 1.05 bits per heavy atom. The fraction of sp³-hybridized carbons (Fsp3) is 0.419. The number of rotatable bonds is 8. The highest BCUT2D eigenvalue weighted by Gasteiger charge is 2.43. The van der Waals surface area contributed by atoms with Crippen molar-refractivity contribution >= 4 is 33.7 Å². The van der Waals surface area contributed by atoms with Gasteiger partial charge in [0.15, 0.2) is 0 Å². The number of carbonyl (C=O) groups excluding carboxylic acids is 2. The van der Waals surface area contributed by atoms with Crippen molar-refractivity contribution in [1.29, 1.82) is 0 Å². The van der Waals surface area contributed by atoms with Crippen LogP contribution in [0, 0.1) is 11.3 Å². The van der Waals surface area contributed by atoms with Crippen LogP contribution in [-0.4, -0.2) is 44.9 Å². The molecule has 39 heavy (non-hydrogen) atoms. The van der Waals surface area contributed by atoms with Gasteiger partial charge in [-0.05, 0) is 86.4 Å². The van der Waals surface area contributed by atoms with E-state index in [2.05, 4.69) is 18.6 Å². The van der Waals surface area contributed by atoms with Crippen molar-refractivity contribution in [3.63, 3.8) is 0 Å². The van der Waals surface area contributed by atoms with Crippen molar-refractivity contribution in [2.45, 2.75) is 57.8 Å². The lowest BCUT2D eigenvalue weighted by Crippen LogP contribution is -2.47. The van der Waals surface area contributed by atoms with Gasteiger partial charge in [0.25, 0.3) is 15.9 Å². The highest BCUT2D eigenvalue weighted by Crippen LogP contribution is 2.39. The number of anilines is 1. The Morgan fingerprint density at radius 2 is 1.77 bits per heavy atom. The molecule has 2 aliphatic rings. The monoisotopic (exact) mass is 550 g/mol. The van der Waals surface area contributed by atoms with Gasteiger partial charge in [-0.2, -0.15) is 0 Å². The number of piperidine rings is 1. The van der Waals surface area contributed by atoms with Gasteiger partial charge in [-0.25, -0.2) is 8.42 Å². The molecule has 7 nitrogen and oxygen atoms in total. The van der Waals surface area contributed by atoms with Crippen LogP contribution in [0.5, 0.6) is 0 Å². The summed E-state index contributed by atoms with van der Waals surface area (Å²) in [7, 11) is -3.82. The summed E-state index contributed by atoms with van der Waals surface area (Å²) in [4.78, 5) is 28.0. The van der Waals surface area contributed by atoms with Crippen LogP contribution in [0.1, 0.15) is 67.9 Å². The van der Waals surface area contributed by atoms with Gasteiger partial charge < -0.3 is 9.64 Å². The van der Waals surface area contributed by atoms with Crippen LogP contribution in [0.15, 0.2) is 65.6 Å². The molecule has 2 aromatic carbocycles. The topological polar surface area (TPSA) is 92.8 Å². The largest absolute Gasteiger partial charge is 0.466 e. The smallest absolute Gasteiger partial charge is 0.312 e. The summed E-state index contributed by atoms with van der Waals surface area (Å²) in [6.45, 7) is 7.30. The lowest BCUT2D eigenvalue weighted by molar-refractivity contribution is -0.159. The summed E-state index contributed by atoms with van der Waals surface area (Å²) in [5.74, 6) is 0.0492. The molecule has 1 fully saturated rings. The molecular formula is C31H38N2O5S. The maximum atomic E-state index is 13.3. The number of hydrogen-bond donors (Lipinski definition) is 1. The molecule has 0 unspecified atom stereocenters. The number of nitrogens with zero attached hydrogens (tertiary/aromatic N) is 1. The molecular weight excluding hydrogens is 512 g/mol. The second kappa shape index (κ2) is 12.2. The van der Waals surface area contributed by atoms with Crippen LogP contribution in [0.4, 0.5) is 5.69 Å². The summed E-state index contributed by atoms with van der Waals surface area (Å²) in [5, 5.41) is 0. The van der Waals surface area contributed by atoms with Crippen LogP contribution in [0.25, 0.3) is 6.08 Å². The van der Waals surface area contributed by atoms with Gasteiger partial charge in [0, 0.05) is 24.3 Å². The molecule has 1 aliphatic carbocycles. The van der Waals surface area contributed by atoms with E-state index in [0.29, 0.717) is 56.1 Å². The molecule has 1 N–H and O–H groups in total. The van der Waals surface area contributed by atoms with E-state index in [9.17, 15) is 18.0 Å². The minimum Gasteiger partial charge on any atom is -0.466 e. The van der Waals surface area contributed by atoms with E-state index in [1.54, 1.807) is 41.3 Å². The predicted molar refractivity (Wildman–Crippen MR) is 154 cm³/mol. The summed E-state index contributed by atoms with van der Waals surface area (Å²) in [6.07, 6.45) is 11.1. The van der Waals surface area contributed by atoms with E-state index in [1.807, 2.05) is 37.3 Å². The molecule has 0 spiro atoms. The van der Waals surface area contributed by atoms with Gasteiger partial charge in [-0.3, -0.25) is 14.3 Å². The van der Waals surface area contributed by atoms with E-state index >= 15 is 0 Å². The number of carbonyl (C=O) groups is 2. The Morgan fingerprint density at radius 3 is 2.44 bits per heavy atom. The average molecular weight is 551 g/mol. The zero-order valence-corrected chi connectivity index (χ0v) is 23.8. The Kier molecular flexibility index (Phi) is 8.95. The van der Waals surface area contributed by atoms with Crippen molar-refractivity contribution < 1.29 is 22.7 Å². The Labute approximate surface area is 232 Å². The minimum absolute atomic E-state index is 0.129. The number of benzene rings is 2. The molecule has 0 aromatic heterocycles. The number of ether oxygens (including phenoxy) is 1. The maximum absolute atomic E-state index is 13.3. The molecule has 1 amide bonds. The van der Waals surface area contributed by atoms with Crippen molar-refractivity contribution in [2.75, 3.05) is 24.4 Å². The molecule has 0 atom stereocenters. The fourth-order valence-corrected chi connectivity index (χ4v) is 6.95. The number of amides is 1. The van der Waals surface area contributed by atoms with E-state index in [1.165, 1.54) is 0 Å². The number of fused-ring (bicyclic) bond motifs is 1. The zero-order valence-electron chi connectivity index (χ0n) is 23.0. The SMILES string of the molecule is CCOC(=O)C1(CC(C)C)CCN(C(=O)c2ccc(NS(=O)(=O)c3cccc4c3CC/C=C\C=C/4)cc2)CC1. The van der Waals surface area contributed by atoms with Crippen molar-refractivity contribution in [3.05, 3.63) is 77.4 Å². The Balaban J connectivity index is 1.44. The normalized spacial score (nSPS) is 18.4. The van der Waals surface area contributed by atoms with E-state index < -0.39 is 15.4 Å². The molecule has 0 bridgehead atoms. The lowest BCUT2D eigenvalue weighted by Gasteiger charge is -2.41. The minimum atomic E-state index is -3.82. The molecule has 1 heterocycles. The molecule has 1 aliphatic heterocycles. The van der Waals surface area contributed by atoms with Crippen LogP contribution in [0.3, 0.4) is 0 Å². The van der Waals surface area contributed by atoms with Gasteiger partial charge in [-0.1, -0.05) is 50.3 Å². The van der Waals surface area contributed by atoms with Crippen LogP contribution in [-0.2, 0) is 26.0 Å². The molecule has 208 valence electrons. The number of sulfonamides is 1. The second-order valence-corrected chi connectivity index (χ2v) is 12.4. The molecule has 8 heteroatoms. The van der Waals surface area contributed by atoms with Crippen molar-refractivity contribution in [2.24, 2.45) is 11.3 Å². The fourth-order valence-electron chi connectivity index (χ4n) is 5.59. The Hall–Kier alpha value is -3.39. The molecule has 1 saturated heterocycles. The second-order valence-electron chi connectivity index (χ2n) is 10.7. The third-order valence-corrected chi connectivity index (χ3v) is 8.91. The molecule has 0 saturated carbocycles. The first kappa shape index (κ1) is 28.6. The summed E-state index contributed by atoms with van der Waals surface area (Å²) >= 11 is 0.